The molecule has 3 saturated carbocycles. The van der Waals surface area contributed by atoms with Gasteiger partial charge in [0.2, 0.25) is 0 Å². The second kappa shape index (κ2) is 30.5. The smallest absolute Gasteiger partial charge is 0.339 e. The average Bonchev–Trinajstić information content (AvgIpc) is 3.47. The summed E-state index contributed by atoms with van der Waals surface area (Å²) in [6, 6.07) is 30.0. The highest BCUT2D eigenvalue weighted by Crippen LogP contribution is 2.45. The minimum atomic E-state index is -0.935. The third-order valence-electron chi connectivity index (χ3n) is 15.8. The van der Waals surface area contributed by atoms with Crippen LogP contribution >= 0.6 is 0 Å². The topological polar surface area (TPSA) is 105 Å². The lowest BCUT2D eigenvalue weighted by Crippen LogP contribution is -2.39. The van der Waals surface area contributed by atoms with E-state index in [1.54, 1.807) is 24.3 Å². The van der Waals surface area contributed by atoms with Crippen molar-refractivity contribution >= 4 is 23.9 Å². The Bertz CT molecular complexity index is 2790. The SMILES string of the molecule is C#Cc1ccc(C#Cc2ccc(C#Cc3ccc(C#CC4(OC(=O)c5ccc(OC(=O)C6CCC(C(=O)OCCCCCCCCOC(=O)C=C)CC6)cc5)CCC(C5CCC(CCCCC)CC5)CC4)cc3)cc2)cc1. The highest BCUT2D eigenvalue weighted by Gasteiger charge is 2.41. The molecule has 0 aliphatic heterocycles. The van der Waals surface area contributed by atoms with Gasteiger partial charge < -0.3 is 18.9 Å². The number of unbranched alkanes of at least 4 members (excludes halogenated alkanes) is 7. The van der Waals surface area contributed by atoms with Gasteiger partial charge in [0, 0.05) is 39.5 Å². The normalized spacial score (nSPS) is 20.6. The summed E-state index contributed by atoms with van der Waals surface area (Å²) >= 11 is 0. The Kier molecular flexibility index (Phi) is 22.7. The predicted molar refractivity (Wildman–Crippen MR) is 303 cm³/mol. The zero-order valence-electron chi connectivity index (χ0n) is 45.2. The van der Waals surface area contributed by atoms with Crippen molar-refractivity contribution in [3.8, 4) is 53.6 Å². The number of hydrogen-bond acceptors (Lipinski definition) is 8. The number of terminal acetylenes is 1. The van der Waals surface area contributed by atoms with Gasteiger partial charge in [-0.15, -0.1) is 6.42 Å². The Balaban J connectivity index is 0.900. The summed E-state index contributed by atoms with van der Waals surface area (Å²) in [7, 11) is 0. The Labute approximate surface area is 458 Å². The number of carbonyl (C=O) groups is 4. The first-order valence-electron chi connectivity index (χ1n) is 28.5. The summed E-state index contributed by atoms with van der Waals surface area (Å²) in [6.07, 6.45) is 28.3. The van der Waals surface area contributed by atoms with Gasteiger partial charge in [0.05, 0.1) is 30.6 Å². The monoisotopic (exact) mass is 1030 g/mol. The van der Waals surface area contributed by atoms with E-state index in [0.717, 1.165) is 90.7 Å². The van der Waals surface area contributed by atoms with Gasteiger partial charge in [0.15, 0.2) is 5.60 Å². The molecule has 0 unspecified atom stereocenters. The second-order valence-electron chi connectivity index (χ2n) is 21.3. The molecule has 4 aromatic carbocycles. The zero-order valence-corrected chi connectivity index (χ0v) is 45.2. The van der Waals surface area contributed by atoms with E-state index < -0.39 is 17.5 Å². The molecule has 8 heteroatoms. The molecule has 0 heterocycles. The van der Waals surface area contributed by atoms with Crippen LogP contribution in [0.3, 0.4) is 0 Å². The number of ether oxygens (including phenoxy) is 4. The third kappa shape index (κ3) is 18.8. The van der Waals surface area contributed by atoms with Crippen molar-refractivity contribution < 1.29 is 38.1 Å². The highest BCUT2D eigenvalue weighted by atomic mass is 16.6. The summed E-state index contributed by atoms with van der Waals surface area (Å²) < 4.78 is 22.8. The molecule has 0 saturated heterocycles. The molecule has 400 valence electrons. The van der Waals surface area contributed by atoms with Gasteiger partial charge in [-0.1, -0.05) is 113 Å². The van der Waals surface area contributed by atoms with Crippen LogP contribution < -0.4 is 4.74 Å². The van der Waals surface area contributed by atoms with E-state index in [1.165, 1.54) is 57.4 Å². The van der Waals surface area contributed by atoms with Crippen LogP contribution in [0.15, 0.2) is 110 Å². The number of benzene rings is 4. The molecule has 0 aromatic heterocycles. The maximum Gasteiger partial charge on any atom is 0.339 e. The van der Waals surface area contributed by atoms with Gasteiger partial charge >= 0.3 is 23.9 Å². The van der Waals surface area contributed by atoms with E-state index in [2.05, 4.69) is 54.9 Å². The molecule has 0 amide bonds. The fraction of sp³-hybridized carbons (Fsp3) is 0.449. The van der Waals surface area contributed by atoms with Crippen molar-refractivity contribution in [2.24, 2.45) is 29.6 Å². The number of rotatable bonds is 20. The minimum Gasteiger partial charge on any atom is -0.465 e. The maximum absolute atomic E-state index is 14.0. The van der Waals surface area contributed by atoms with E-state index >= 15 is 0 Å². The Morgan fingerprint density at radius 3 is 1.52 bits per heavy atom. The van der Waals surface area contributed by atoms with Gasteiger partial charge in [0.1, 0.15) is 5.75 Å². The van der Waals surface area contributed by atoms with Crippen LogP contribution in [0.2, 0.25) is 0 Å². The lowest BCUT2D eigenvalue weighted by molar-refractivity contribution is -0.152. The molecule has 0 atom stereocenters. The molecule has 3 aliphatic carbocycles. The van der Waals surface area contributed by atoms with E-state index in [1.807, 2.05) is 72.8 Å². The molecular formula is C69H76O8. The van der Waals surface area contributed by atoms with Crippen molar-refractivity contribution in [3.05, 3.63) is 149 Å². The van der Waals surface area contributed by atoms with Crippen LogP contribution in [0, 0.1) is 77.5 Å². The van der Waals surface area contributed by atoms with Gasteiger partial charge in [0.25, 0.3) is 0 Å². The first-order chi connectivity index (χ1) is 37.6. The molecule has 7 rings (SSSR count). The molecule has 0 N–H and O–H groups in total. The molecule has 0 spiro atoms. The summed E-state index contributed by atoms with van der Waals surface area (Å²) in [5.74, 6) is 23.0. The summed E-state index contributed by atoms with van der Waals surface area (Å²) in [5.41, 5.74) is 4.64. The summed E-state index contributed by atoms with van der Waals surface area (Å²) in [5, 5.41) is 0. The van der Waals surface area contributed by atoms with Crippen LogP contribution in [-0.4, -0.2) is 42.7 Å². The first-order valence-corrected chi connectivity index (χ1v) is 28.5. The van der Waals surface area contributed by atoms with E-state index in [4.69, 9.17) is 25.4 Å². The molecular weight excluding hydrogens is 957 g/mol. The molecule has 3 aliphatic rings. The van der Waals surface area contributed by atoms with Crippen molar-refractivity contribution in [1.82, 2.24) is 0 Å². The molecule has 0 radical (unpaired) electrons. The standard InChI is InChI=1S/C69H76O8/c1-4-7-12-15-53-32-34-59(35-33-53)60-45-48-69(49-46-60,47-44-58-30-28-57(29-31-58)27-26-56-24-22-55(23-25-56)21-20-54-18-16-52(5-2)17-19-54)77-68(73)63-40-42-64(43-41-63)76-67(72)62-38-36-61(37-39-62)66(71)75-51-14-11-9-8-10-13-50-74-65(70)6-3/h2,6,16-19,22-25,28-31,40-43,53,59-62H,3-4,7-15,32-39,45-46,48-51H2,1H3. The van der Waals surface area contributed by atoms with E-state index in [0.29, 0.717) is 74.9 Å². The first kappa shape index (κ1) is 57.4. The van der Waals surface area contributed by atoms with Crippen LogP contribution in [-0.2, 0) is 28.6 Å². The lowest BCUT2D eigenvalue weighted by Gasteiger charge is -2.41. The second-order valence-corrected chi connectivity index (χ2v) is 21.3. The quantitative estimate of drug-likeness (QED) is 0.0215. The Morgan fingerprint density at radius 1 is 0.545 bits per heavy atom. The number of hydrogen-bond donors (Lipinski definition) is 0. The minimum absolute atomic E-state index is 0.192. The van der Waals surface area contributed by atoms with Crippen molar-refractivity contribution in [2.45, 2.75) is 154 Å². The van der Waals surface area contributed by atoms with Gasteiger partial charge in [-0.25, -0.2) is 9.59 Å². The average molecular weight is 1030 g/mol. The Morgan fingerprint density at radius 2 is 1.01 bits per heavy atom. The van der Waals surface area contributed by atoms with Gasteiger partial charge in [-0.3, -0.25) is 9.59 Å². The molecule has 77 heavy (non-hydrogen) atoms. The fourth-order valence-electron chi connectivity index (χ4n) is 11.0. The van der Waals surface area contributed by atoms with Crippen molar-refractivity contribution in [3.63, 3.8) is 0 Å². The summed E-state index contributed by atoms with van der Waals surface area (Å²) in [6.45, 7) is 6.47. The molecule has 4 aromatic rings. The van der Waals surface area contributed by atoms with Gasteiger partial charge in [-0.2, -0.15) is 0 Å². The molecule has 3 fully saturated rings. The number of esters is 4. The van der Waals surface area contributed by atoms with E-state index in [9.17, 15) is 19.2 Å². The van der Waals surface area contributed by atoms with Crippen molar-refractivity contribution in [2.75, 3.05) is 13.2 Å². The van der Waals surface area contributed by atoms with E-state index in [-0.39, 0.29) is 23.8 Å². The van der Waals surface area contributed by atoms with Crippen LogP contribution in [0.4, 0.5) is 0 Å². The Hall–Kier alpha value is -7.26. The highest BCUT2D eigenvalue weighted by molar-refractivity contribution is 5.90. The largest absolute Gasteiger partial charge is 0.465 e. The number of carbonyl (C=O) groups excluding carboxylic acids is 4. The van der Waals surface area contributed by atoms with Crippen LogP contribution in [0.25, 0.3) is 0 Å². The fourth-order valence-corrected chi connectivity index (χ4v) is 11.0. The van der Waals surface area contributed by atoms with Gasteiger partial charge in [-0.05, 0) is 198 Å². The summed E-state index contributed by atoms with van der Waals surface area (Å²) in [4.78, 5) is 51.2. The third-order valence-corrected chi connectivity index (χ3v) is 15.8. The van der Waals surface area contributed by atoms with Crippen molar-refractivity contribution in [1.29, 1.82) is 0 Å². The zero-order chi connectivity index (χ0) is 54.1. The lowest BCUT2D eigenvalue weighted by atomic mass is 9.67. The van der Waals surface area contributed by atoms with Crippen LogP contribution in [0.5, 0.6) is 5.75 Å². The maximum atomic E-state index is 14.0. The molecule has 8 nitrogen and oxygen atoms in total. The predicted octanol–water partition coefficient (Wildman–Crippen LogP) is 14.3. The van der Waals surface area contributed by atoms with Crippen LogP contribution in [0.1, 0.15) is 192 Å². The molecule has 0 bridgehead atoms.